The molecule has 34 heavy (non-hydrogen) atoms. The molecular formula is C28H51NO5. The average molecular weight is 482 g/mol. The summed E-state index contributed by atoms with van der Waals surface area (Å²) in [5.74, 6) is -0.615. The Balaban J connectivity index is 1.77. The van der Waals surface area contributed by atoms with Crippen molar-refractivity contribution >= 4 is 11.9 Å². The molecule has 2 N–H and O–H groups in total. The number of hydrogen-bond acceptors (Lipinski definition) is 5. The van der Waals surface area contributed by atoms with Gasteiger partial charge < -0.3 is 19.9 Å². The zero-order valence-electron chi connectivity index (χ0n) is 21.7. The van der Waals surface area contributed by atoms with Gasteiger partial charge in [-0.15, -0.1) is 0 Å². The first-order valence-electron chi connectivity index (χ1n) is 14.0. The Kier molecular flexibility index (Phi) is 19.9. The summed E-state index contributed by atoms with van der Waals surface area (Å²) < 4.78 is 10.5. The second-order valence-electron chi connectivity index (χ2n) is 9.66. The van der Waals surface area contributed by atoms with Crippen LogP contribution in [0.25, 0.3) is 0 Å². The molecule has 0 saturated carbocycles. The third-order valence-corrected chi connectivity index (χ3v) is 6.31. The van der Waals surface area contributed by atoms with E-state index in [-0.39, 0.29) is 19.1 Å². The summed E-state index contributed by atoms with van der Waals surface area (Å²) in [5, 5.41) is 12.4. The molecule has 1 aliphatic rings. The molecule has 6 heteroatoms. The van der Waals surface area contributed by atoms with Crippen molar-refractivity contribution in [3.63, 3.8) is 0 Å². The van der Waals surface area contributed by atoms with E-state index in [1.807, 2.05) is 0 Å². The van der Waals surface area contributed by atoms with Gasteiger partial charge in [0.1, 0.15) is 18.8 Å². The number of hydrogen-bond donors (Lipinski definition) is 2. The van der Waals surface area contributed by atoms with Gasteiger partial charge in [-0.3, -0.25) is 4.79 Å². The zero-order valence-corrected chi connectivity index (χ0v) is 21.7. The van der Waals surface area contributed by atoms with Crippen molar-refractivity contribution in [2.45, 2.75) is 135 Å². The minimum absolute atomic E-state index is 0.0984. The Hall–Kier alpha value is -1.40. The van der Waals surface area contributed by atoms with Gasteiger partial charge in [0, 0.05) is 13.0 Å². The van der Waals surface area contributed by atoms with Gasteiger partial charge in [-0.2, -0.15) is 0 Å². The van der Waals surface area contributed by atoms with Crippen LogP contribution in [0.5, 0.6) is 0 Å². The van der Waals surface area contributed by atoms with Crippen LogP contribution < -0.4 is 5.32 Å². The van der Waals surface area contributed by atoms with Crippen molar-refractivity contribution in [2.75, 3.05) is 19.8 Å². The van der Waals surface area contributed by atoms with Crippen molar-refractivity contribution in [2.24, 2.45) is 0 Å². The maximum Gasteiger partial charge on any atom is 0.328 e. The second-order valence-corrected chi connectivity index (χ2v) is 9.66. The molecule has 0 aliphatic carbocycles. The number of nitrogens with one attached hydrogen (secondary N) is 1. The Bertz CT molecular complexity index is 537. The van der Waals surface area contributed by atoms with Crippen LogP contribution in [-0.2, 0) is 19.1 Å². The van der Waals surface area contributed by atoms with Crippen molar-refractivity contribution in [3.05, 3.63) is 12.2 Å². The first kappa shape index (κ1) is 30.6. The van der Waals surface area contributed by atoms with Crippen molar-refractivity contribution in [3.8, 4) is 0 Å². The van der Waals surface area contributed by atoms with Crippen molar-refractivity contribution < 1.29 is 24.2 Å². The number of aliphatic hydroxyl groups is 1. The van der Waals surface area contributed by atoms with Crippen LogP contribution in [0.3, 0.4) is 0 Å². The van der Waals surface area contributed by atoms with Gasteiger partial charge in [-0.1, -0.05) is 89.7 Å². The van der Waals surface area contributed by atoms with Gasteiger partial charge in [0.15, 0.2) is 0 Å². The minimum Gasteiger partial charge on any atom is -0.461 e. The van der Waals surface area contributed by atoms with Gasteiger partial charge >= 0.3 is 5.97 Å². The fourth-order valence-corrected chi connectivity index (χ4v) is 4.14. The number of amides is 1. The highest BCUT2D eigenvalue weighted by molar-refractivity contribution is 5.88. The largest absolute Gasteiger partial charge is 0.461 e. The van der Waals surface area contributed by atoms with E-state index in [1.165, 1.54) is 89.9 Å². The fraction of sp³-hybridized carbons (Fsp3) is 0.857. The molecule has 0 radical (unpaired) electrons. The molecule has 1 amide bonds. The fourth-order valence-electron chi connectivity index (χ4n) is 4.14. The number of carbonyl (C=O) groups excluding carboxylic acids is 2. The van der Waals surface area contributed by atoms with Gasteiger partial charge in [0.05, 0.1) is 6.61 Å². The maximum atomic E-state index is 11.8. The average Bonchev–Trinajstić information content (AvgIpc) is 3.27. The molecule has 6 nitrogen and oxygen atoms in total. The highest BCUT2D eigenvalue weighted by atomic mass is 16.5. The van der Waals surface area contributed by atoms with Crippen LogP contribution in [0.2, 0.25) is 0 Å². The predicted octanol–water partition coefficient (Wildman–Crippen LogP) is 6.00. The van der Waals surface area contributed by atoms with E-state index in [0.717, 1.165) is 12.8 Å². The molecule has 0 bridgehead atoms. The summed E-state index contributed by atoms with van der Waals surface area (Å²) in [6.07, 6.45) is 25.4. The number of ether oxygens (including phenoxy) is 2. The lowest BCUT2D eigenvalue weighted by molar-refractivity contribution is -0.150. The standard InChI is InChI=1S/C28H51NO5/c1-2-3-4-5-6-7-8-9-10-11-12-13-14-15-16-17-18-19-22-33-23-25(30)24-34-28(32)26-20-21-27(31)29-26/h11-12,25-26,30H,2-10,13-24H2,1H3,(H,29,31)/t25?,26-/m0/s1. The third-order valence-electron chi connectivity index (χ3n) is 6.31. The predicted molar refractivity (Wildman–Crippen MR) is 138 cm³/mol. The summed E-state index contributed by atoms with van der Waals surface area (Å²) in [6.45, 7) is 2.95. The molecule has 1 heterocycles. The Labute approximate surface area is 208 Å². The van der Waals surface area contributed by atoms with E-state index >= 15 is 0 Å². The smallest absolute Gasteiger partial charge is 0.328 e. The first-order valence-corrected chi connectivity index (χ1v) is 14.0. The van der Waals surface area contributed by atoms with Crippen LogP contribution in [0.4, 0.5) is 0 Å². The third kappa shape index (κ3) is 18.0. The van der Waals surface area contributed by atoms with E-state index in [4.69, 9.17) is 9.47 Å². The zero-order chi connectivity index (χ0) is 24.7. The summed E-state index contributed by atoms with van der Waals surface area (Å²) in [5.41, 5.74) is 0. The van der Waals surface area contributed by atoms with Crippen molar-refractivity contribution in [1.29, 1.82) is 0 Å². The van der Waals surface area contributed by atoms with Crippen LogP contribution >= 0.6 is 0 Å². The molecule has 0 aromatic carbocycles. The highest BCUT2D eigenvalue weighted by Gasteiger charge is 2.28. The Morgan fingerprint density at radius 3 is 2.03 bits per heavy atom. The lowest BCUT2D eigenvalue weighted by atomic mass is 10.1. The second kappa shape index (κ2) is 22.1. The first-order chi connectivity index (χ1) is 16.6. The van der Waals surface area contributed by atoms with Crippen LogP contribution in [0, 0.1) is 0 Å². The molecule has 0 aromatic heterocycles. The summed E-state index contributed by atoms with van der Waals surface area (Å²) in [4.78, 5) is 22.9. The van der Waals surface area contributed by atoms with Gasteiger partial charge in [0.25, 0.3) is 0 Å². The van der Waals surface area contributed by atoms with Gasteiger partial charge in [0.2, 0.25) is 5.91 Å². The number of esters is 1. The molecule has 0 spiro atoms. The number of allylic oxidation sites excluding steroid dienone is 2. The number of rotatable bonds is 23. The van der Waals surface area contributed by atoms with E-state index in [2.05, 4.69) is 24.4 Å². The molecular weight excluding hydrogens is 430 g/mol. The van der Waals surface area contributed by atoms with Crippen LogP contribution in [0.1, 0.15) is 122 Å². The lowest BCUT2D eigenvalue weighted by Gasteiger charge is -2.14. The lowest BCUT2D eigenvalue weighted by Crippen LogP contribution is -2.36. The van der Waals surface area contributed by atoms with Crippen LogP contribution in [0.15, 0.2) is 12.2 Å². The topological polar surface area (TPSA) is 84.9 Å². The van der Waals surface area contributed by atoms with Crippen molar-refractivity contribution in [1.82, 2.24) is 5.32 Å². The number of aliphatic hydroxyl groups excluding tert-OH is 1. The van der Waals surface area contributed by atoms with Gasteiger partial charge in [-0.05, 0) is 38.5 Å². The molecule has 1 fully saturated rings. The molecule has 0 aromatic rings. The molecule has 1 saturated heterocycles. The molecule has 2 atom stereocenters. The maximum absolute atomic E-state index is 11.8. The molecule has 1 aliphatic heterocycles. The molecule has 198 valence electrons. The van der Waals surface area contributed by atoms with E-state index in [1.54, 1.807) is 0 Å². The van der Waals surface area contributed by atoms with Crippen LogP contribution in [-0.4, -0.2) is 48.9 Å². The van der Waals surface area contributed by atoms with E-state index in [0.29, 0.717) is 19.4 Å². The number of carbonyl (C=O) groups is 2. The molecule has 1 rings (SSSR count). The Morgan fingerprint density at radius 1 is 0.912 bits per heavy atom. The molecule has 1 unspecified atom stereocenters. The van der Waals surface area contributed by atoms with E-state index in [9.17, 15) is 14.7 Å². The van der Waals surface area contributed by atoms with Gasteiger partial charge in [-0.25, -0.2) is 4.79 Å². The summed E-state index contributed by atoms with van der Waals surface area (Å²) in [6, 6.07) is -0.573. The minimum atomic E-state index is -0.829. The normalized spacial score (nSPS) is 16.8. The Morgan fingerprint density at radius 2 is 1.47 bits per heavy atom. The quantitative estimate of drug-likeness (QED) is 0.106. The van der Waals surface area contributed by atoms with E-state index < -0.39 is 18.1 Å². The highest BCUT2D eigenvalue weighted by Crippen LogP contribution is 2.11. The number of unbranched alkanes of at least 4 members (excludes halogenated alkanes) is 14. The summed E-state index contributed by atoms with van der Waals surface area (Å²) >= 11 is 0. The summed E-state index contributed by atoms with van der Waals surface area (Å²) in [7, 11) is 0. The monoisotopic (exact) mass is 481 g/mol. The SMILES string of the molecule is CCCCCCCCCCC=CCCCCCCCCOCC(O)COC(=O)[C@@H]1CCC(=O)N1.